The van der Waals surface area contributed by atoms with Crippen molar-refractivity contribution in [3.8, 4) is 0 Å². The van der Waals surface area contributed by atoms with Crippen LogP contribution in [0.3, 0.4) is 0 Å². The first-order valence-corrected chi connectivity index (χ1v) is 13.9. The number of halogens is 6. The van der Waals surface area contributed by atoms with Gasteiger partial charge in [-0.2, -0.15) is 13.2 Å². The molecule has 14 heteroatoms. The maximum Gasteiger partial charge on any atom is 1.00 e. The van der Waals surface area contributed by atoms with E-state index in [0.717, 1.165) is 23.3 Å². The van der Waals surface area contributed by atoms with E-state index in [9.17, 15) is 30.5 Å². The number of ether oxygens (including phenoxy) is 1. The number of nitrogens with one attached hydrogen (secondary N) is 1. The summed E-state index contributed by atoms with van der Waals surface area (Å²) < 4.78 is 93.0. The van der Waals surface area contributed by atoms with Gasteiger partial charge in [-0.1, -0.05) is 58.7 Å². The van der Waals surface area contributed by atoms with Gasteiger partial charge in [-0.15, -0.1) is 0 Å². The van der Waals surface area contributed by atoms with Gasteiger partial charge < -0.3 is 19.4 Å². The Hall–Kier alpha value is -2.74. The van der Waals surface area contributed by atoms with Crippen molar-refractivity contribution in [2.24, 2.45) is 5.16 Å². The number of fused-ring (bicyclic) bond motifs is 2. The van der Waals surface area contributed by atoms with E-state index in [1.165, 1.54) is 24.3 Å². The molecule has 1 N–H and O–H groups in total. The molecule has 0 radical (unpaired) electrons. The molecule has 1 fully saturated rings. The Labute approximate surface area is 237 Å². The predicted molar refractivity (Wildman–Crippen MR) is 138 cm³/mol. The summed E-state index contributed by atoms with van der Waals surface area (Å²) >= 11 is 11.5. The molecule has 1 spiro atoms. The van der Waals surface area contributed by atoms with Gasteiger partial charge in [0.1, 0.15) is 15.7 Å². The third-order valence-corrected chi connectivity index (χ3v) is 8.33. The van der Waals surface area contributed by atoms with Crippen LogP contribution in [0.1, 0.15) is 30.1 Å². The van der Waals surface area contributed by atoms with Crippen LogP contribution >= 0.6 is 23.2 Å². The fraction of sp³-hybridized carbons (Fsp3) is 0.269. The van der Waals surface area contributed by atoms with Crippen LogP contribution in [0.4, 0.5) is 17.6 Å². The van der Waals surface area contributed by atoms with Crippen LogP contribution in [0.2, 0.25) is 10.0 Å². The highest BCUT2D eigenvalue weighted by Gasteiger charge is 2.62. The van der Waals surface area contributed by atoms with Crippen molar-refractivity contribution in [1.82, 2.24) is 5.32 Å². The van der Waals surface area contributed by atoms with Gasteiger partial charge in [-0.3, -0.25) is 0 Å². The van der Waals surface area contributed by atoms with Crippen molar-refractivity contribution in [1.29, 1.82) is 0 Å². The predicted octanol–water partition coefficient (Wildman–Crippen LogP) is 5.75. The summed E-state index contributed by atoms with van der Waals surface area (Å²) in [5, 5.41) is 5.88. The van der Waals surface area contributed by atoms with Crippen LogP contribution in [0.5, 0.6) is 0 Å². The molecule has 40 heavy (non-hydrogen) atoms. The summed E-state index contributed by atoms with van der Waals surface area (Å²) in [6, 6.07) is 14.3. The summed E-state index contributed by atoms with van der Waals surface area (Å²) in [7, 11) is -4.25. The molecule has 3 aromatic rings. The fourth-order valence-corrected chi connectivity index (χ4v) is 5.66. The van der Waals surface area contributed by atoms with E-state index in [2.05, 4.69) is 10.5 Å². The lowest BCUT2D eigenvalue weighted by Crippen LogP contribution is -2.56. The Morgan fingerprint density at radius 1 is 1.02 bits per heavy atom. The number of rotatable bonds is 3. The molecule has 0 amide bonds. The highest BCUT2D eigenvalue weighted by atomic mass is 35.5. The molecule has 0 unspecified atom stereocenters. The molecule has 3 aromatic carbocycles. The van der Waals surface area contributed by atoms with E-state index >= 15 is 0 Å². The van der Waals surface area contributed by atoms with Gasteiger partial charge in [0.15, 0.2) is 5.82 Å². The smallest absolute Gasteiger partial charge is 0.744 e. The standard InChI is InChI=1S/C20H14Cl2F4N2O2.C6H6O3S/c21-14-4-12(5-15(22)17(14)23)19(20(24,25)26)6-16(28-30-19)10-1-2-11-7-29-18(8-27-9-18)13(11)3-10;7-10(8,9)6-4-2-1-3-5-6/h1-5,27H,6-9H2;1-5H,(H,7,8,9)/t19-;/m0./s1. The highest BCUT2D eigenvalue weighted by Crippen LogP contribution is 2.50. The minimum absolute atomic E-state index is 0. The van der Waals surface area contributed by atoms with Crippen molar-refractivity contribution in [2.75, 3.05) is 13.1 Å². The zero-order valence-corrected chi connectivity index (χ0v) is 22.6. The molecule has 0 aliphatic carbocycles. The van der Waals surface area contributed by atoms with Gasteiger partial charge >= 0.3 is 7.60 Å². The molecule has 3 aliphatic rings. The zero-order chi connectivity index (χ0) is 28.9. The second-order valence-electron chi connectivity index (χ2n) is 9.41. The van der Waals surface area contributed by atoms with E-state index < -0.39 is 55.3 Å². The third-order valence-electron chi connectivity index (χ3n) is 6.93. The van der Waals surface area contributed by atoms with Crippen LogP contribution < -0.4 is 5.32 Å². The lowest BCUT2D eigenvalue weighted by molar-refractivity contribution is -0.275. The molecule has 0 bridgehead atoms. The fourth-order valence-electron chi connectivity index (χ4n) is 4.68. The topological polar surface area (TPSA) is 100 Å². The maximum atomic E-state index is 14.2. The van der Waals surface area contributed by atoms with E-state index in [-0.39, 0.29) is 12.0 Å². The monoisotopic (exact) mass is 618 g/mol. The van der Waals surface area contributed by atoms with Crippen LogP contribution in [-0.2, 0) is 37.5 Å². The normalized spacial score (nSPS) is 21.1. The van der Waals surface area contributed by atoms with E-state index in [0.29, 0.717) is 25.3 Å². The lowest BCUT2D eigenvalue weighted by atomic mass is 9.83. The van der Waals surface area contributed by atoms with Crippen LogP contribution in [0.25, 0.3) is 0 Å². The second-order valence-corrected chi connectivity index (χ2v) is 11.6. The summed E-state index contributed by atoms with van der Waals surface area (Å²) in [6.45, 7) is 1.75. The van der Waals surface area contributed by atoms with Gasteiger partial charge in [-0.25, -0.2) is 12.8 Å². The molecule has 6 rings (SSSR count). The van der Waals surface area contributed by atoms with Gasteiger partial charge in [0.2, 0.25) is 0 Å². The Morgan fingerprint density at radius 2 is 1.68 bits per heavy atom. The Morgan fingerprint density at radius 3 is 2.20 bits per heavy atom. The Bertz CT molecular complexity index is 1580. The van der Waals surface area contributed by atoms with Crippen LogP contribution in [0, 0.1) is 5.82 Å². The van der Waals surface area contributed by atoms with Gasteiger partial charge in [0, 0.05) is 25.1 Å². The minimum atomic E-state index is -4.85. The largest absolute Gasteiger partial charge is 1.00 e. The lowest BCUT2D eigenvalue weighted by Gasteiger charge is -2.39. The molecule has 0 aromatic heterocycles. The van der Waals surface area contributed by atoms with Crippen molar-refractivity contribution in [3.05, 3.63) is 98.8 Å². The van der Waals surface area contributed by atoms with E-state index in [1.54, 1.807) is 12.1 Å². The molecular formula is C26H20Cl2F4N2O5S. The summed E-state index contributed by atoms with van der Waals surface area (Å²) in [5.41, 5.74) is -1.08. The summed E-state index contributed by atoms with van der Waals surface area (Å²) in [6.07, 6.45) is -5.44. The average Bonchev–Trinajstić information content (AvgIpc) is 3.50. The van der Waals surface area contributed by atoms with Crippen molar-refractivity contribution < 1.29 is 41.5 Å². The average molecular weight is 619 g/mol. The van der Waals surface area contributed by atoms with Gasteiger partial charge in [0.05, 0.1) is 27.3 Å². The second kappa shape index (κ2) is 10.3. The number of hydrogen-bond acceptors (Lipinski definition) is 7. The van der Waals surface area contributed by atoms with E-state index in [1.807, 2.05) is 12.1 Å². The molecule has 212 valence electrons. The van der Waals surface area contributed by atoms with Crippen molar-refractivity contribution in [2.45, 2.75) is 35.3 Å². The molecule has 3 aliphatic heterocycles. The molecule has 0 saturated carbocycles. The first-order chi connectivity index (χ1) is 18.8. The maximum absolute atomic E-state index is 14.2. The summed E-state index contributed by atoms with van der Waals surface area (Å²) in [4.78, 5) is 4.81. The first kappa shape index (κ1) is 28.8. The quantitative estimate of drug-likeness (QED) is 0.228. The number of alkyl halides is 3. The molecular weight excluding hydrogens is 599 g/mol. The number of oxime groups is 1. The molecule has 7 nitrogen and oxygen atoms in total. The SMILES string of the molecule is Fc1c(Cl)cc([C@]2(C(F)(F)F)CC(c3ccc4c(c3)C3(CNC3)OC4)=NO2)cc1Cl.O=S(=O)([O-])c1ccccc1.[H+]. The number of nitrogens with zero attached hydrogens (tertiary/aromatic N) is 1. The zero-order valence-electron chi connectivity index (χ0n) is 21.3. The first-order valence-electron chi connectivity index (χ1n) is 11.7. The van der Waals surface area contributed by atoms with Gasteiger partial charge in [-0.05, 0) is 47.0 Å². The van der Waals surface area contributed by atoms with Crippen LogP contribution in [-0.4, -0.2) is 37.9 Å². The Balaban J connectivity index is 0.000000300. The minimum Gasteiger partial charge on any atom is -0.744 e. The third kappa shape index (κ3) is 5.08. The van der Waals surface area contributed by atoms with Crippen molar-refractivity contribution in [3.63, 3.8) is 0 Å². The van der Waals surface area contributed by atoms with Crippen LogP contribution in [0.15, 0.2) is 70.7 Å². The van der Waals surface area contributed by atoms with Crippen molar-refractivity contribution >= 4 is 39.0 Å². The van der Waals surface area contributed by atoms with Gasteiger partial charge in [0.25, 0.3) is 5.60 Å². The molecule has 1 saturated heterocycles. The summed E-state index contributed by atoms with van der Waals surface area (Å²) in [5.74, 6) is -0.989. The molecule has 1 atom stereocenters. The Kier molecular flexibility index (Phi) is 7.39. The number of benzene rings is 3. The highest BCUT2D eigenvalue weighted by molar-refractivity contribution is 7.85. The number of hydrogen-bond donors (Lipinski definition) is 1. The molecule has 3 heterocycles. The van der Waals surface area contributed by atoms with E-state index in [4.69, 9.17) is 32.8 Å².